The second-order valence-electron chi connectivity index (χ2n) is 9.73. The molecule has 10 nitrogen and oxygen atoms in total. The molecule has 0 spiro atoms. The molecule has 2 aromatic heterocycles. The summed E-state index contributed by atoms with van der Waals surface area (Å²) in [6.45, 7) is -0.536. The second kappa shape index (κ2) is 10.00. The number of rotatable bonds is 7. The summed E-state index contributed by atoms with van der Waals surface area (Å²) in [5.74, 6) is 0.794. The molecule has 3 aromatic carbocycles. The van der Waals surface area contributed by atoms with E-state index in [4.69, 9.17) is 15.2 Å². The molecular weight excluding hydrogens is 510 g/mol. The summed E-state index contributed by atoms with van der Waals surface area (Å²) in [7, 11) is 1.59. The van der Waals surface area contributed by atoms with Crippen molar-refractivity contribution in [1.82, 2.24) is 19.5 Å². The highest BCUT2D eigenvalue weighted by Crippen LogP contribution is 2.57. The highest BCUT2D eigenvalue weighted by molar-refractivity contribution is 5.81. The fraction of sp³-hybridized carbons (Fsp3) is 0.233. The molecule has 10 heteroatoms. The molecule has 0 radical (unpaired) electrons. The molecule has 0 amide bonds. The van der Waals surface area contributed by atoms with E-state index in [1.807, 2.05) is 84.9 Å². The number of methoxy groups -OCH3 is 1. The van der Waals surface area contributed by atoms with Gasteiger partial charge >= 0.3 is 0 Å². The van der Waals surface area contributed by atoms with Crippen LogP contribution in [0.15, 0.2) is 97.6 Å². The van der Waals surface area contributed by atoms with E-state index in [-0.39, 0.29) is 5.82 Å². The van der Waals surface area contributed by atoms with Gasteiger partial charge < -0.3 is 30.5 Å². The summed E-state index contributed by atoms with van der Waals surface area (Å²) in [5.41, 5.74) is 5.83. The average Bonchev–Trinajstić information content (AvgIpc) is 3.55. The maximum atomic E-state index is 12.2. The fourth-order valence-corrected chi connectivity index (χ4v) is 6.07. The first-order valence-electron chi connectivity index (χ1n) is 12.8. The van der Waals surface area contributed by atoms with Gasteiger partial charge in [-0.15, -0.1) is 0 Å². The first-order chi connectivity index (χ1) is 19.5. The number of nitrogen functional groups attached to an aromatic ring is 1. The number of hydrogen-bond donors (Lipinski definition) is 4. The van der Waals surface area contributed by atoms with Gasteiger partial charge in [0.1, 0.15) is 35.9 Å². The van der Waals surface area contributed by atoms with E-state index in [0.29, 0.717) is 16.9 Å². The zero-order valence-corrected chi connectivity index (χ0v) is 21.7. The topological polar surface area (TPSA) is 149 Å². The first-order valence-corrected chi connectivity index (χ1v) is 12.8. The van der Waals surface area contributed by atoms with Gasteiger partial charge in [-0.05, 0) is 28.8 Å². The third-order valence-corrected chi connectivity index (χ3v) is 7.81. The number of hydrogen-bond acceptors (Lipinski definition) is 9. The van der Waals surface area contributed by atoms with Gasteiger partial charge in [0, 0.05) is 0 Å². The minimum absolute atomic E-state index is 0.153. The lowest BCUT2D eigenvalue weighted by Gasteiger charge is -2.51. The number of anilines is 1. The molecule has 5 aromatic rings. The standard InChI is InChI=1S/C30H29N5O5/c1-39-22-14-12-21(13-15-22)29(19-8-4-2-5-9-19,20-10-6-3-7-11-20)30(26(38)25(37)23(16-36)40-30)35-18-34-24-27(31)32-17-33-28(24)35/h2-15,17-18,23,25-26,36-38H,16H2,1H3,(H2,31,32,33)/t23-,25-,26-,30+/m1/s1. The number of aliphatic hydroxyl groups is 3. The molecule has 6 rings (SSSR count). The maximum Gasteiger partial charge on any atom is 0.194 e. The molecule has 1 aliphatic rings. The zero-order valence-electron chi connectivity index (χ0n) is 21.7. The lowest BCUT2D eigenvalue weighted by atomic mass is 9.60. The van der Waals surface area contributed by atoms with Crippen LogP contribution in [0.5, 0.6) is 5.75 Å². The average molecular weight is 540 g/mol. The molecule has 204 valence electrons. The molecule has 0 unspecified atom stereocenters. The van der Waals surface area contributed by atoms with Crippen LogP contribution >= 0.6 is 0 Å². The van der Waals surface area contributed by atoms with Gasteiger partial charge in [-0.1, -0.05) is 72.8 Å². The summed E-state index contributed by atoms with van der Waals surface area (Å²) in [4.78, 5) is 13.1. The van der Waals surface area contributed by atoms with E-state index in [1.165, 1.54) is 12.7 Å². The largest absolute Gasteiger partial charge is 0.497 e. The van der Waals surface area contributed by atoms with Crippen molar-refractivity contribution in [1.29, 1.82) is 0 Å². The third kappa shape index (κ3) is 3.54. The monoisotopic (exact) mass is 539 g/mol. The number of ether oxygens (including phenoxy) is 2. The Hall–Kier alpha value is -4.35. The molecule has 5 N–H and O–H groups in total. The Labute approximate surface area is 230 Å². The van der Waals surface area contributed by atoms with Crippen molar-refractivity contribution in [2.45, 2.75) is 29.5 Å². The molecule has 4 atom stereocenters. The van der Waals surface area contributed by atoms with Crippen molar-refractivity contribution >= 4 is 17.0 Å². The van der Waals surface area contributed by atoms with Gasteiger partial charge in [0.2, 0.25) is 0 Å². The van der Waals surface area contributed by atoms with Crippen molar-refractivity contribution in [2.75, 3.05) is 19.5 Å². The van der Waals surface area contributed by atoms with Crippen LogP contribution in [0, 0.1) is 0 Å². The van der Waals surface area contributed by atoms with Gasteiger partial charge in [-0.2, -0.15) is 0 Å². The van der Waals surface area contributed by atoms with E-state index in [2.05, 4.69) is 15.0 Å². The van der Waals surface area contributed by atoms with Gasteiger partial charge in [0.05, 0.1) is 25.5 Å². The number of benzene rings is 3. The molecule has 0 bridgehead atoms. The van der Waals surface area contributed by atoms with E-state index in [0.717, 1.165) is 16.7 Å². The second-order valence-corrected chi connectivity index (χ2v) is 9.73. The lowest BCUT2D eigenvalue weighted by Crippen LogP contribution is -2.61. The normalized spacial score (nSPS) is 22.9. The van der Waals surface area contributed by atoms with E-state index >= 15 is 0 Å². The number of aromatic nitrogens is 4. The predicted octanol–water partition coefficient (Wildman–Crippen LogP) is 2.22. The summed E-state index contributed by atoms with van der Waals surface area (Å²) >= 11 is 0. The lowest BCUT2D eigenvalue weighted by molar-refractivity contribution is -0.175. The van der Waals surface area contributed by atoms with Crippen LogP contribution in [0.3, 0.4) is 0 Å². The van der Waals surface area contributed by atoms with Crippen LogP contribution in [0.25, 0.3) is 11.2 Å². The maximum absolute atomic E-state index is 12.2. The van der Waals surface area contributed by atoms with Crippen molar-refractivity contribution in [3.05, 3.63) is 114 Å². The Morgan fingerprint density at radius 3 is 2.05 bits per heavy atom. The van der Waals surface area contributed by atoms with E-state index in [9.17, 15) is 15.3 Å². The molecule has 1 aliphatic heterocycles. The molecule has 0 saturated carbocycles. The summed E-state index contributed by atoms with van der Waals surface area (Å²) in [6, 6.07) is 26.6. The van der Waals surface area contributed by atoms with Crippen LogP contribution in [0.4, 0.5) is 5.82 Å². The predicted molar refractivity (Wildman–Crippen MR) is 147 cm³/mol. The minimum Gasteiger partial charge on any atom is -0.497 e. The number of fused-ring (bicyclic) bond motifs is 1. The Morgan fingerprint density at radius 1 is 0.900 bits per heavy atom. The molecule has 1 fully saturated rings. The first kappa shape index (κ1) is 25.9. The van der Waals surface area contributed by atoms with E-state index < -0.39 is 36.1 Å². The Kier molecular flexibility index (Phi) is 6.47. The summed E-state index contributed by atoms with van der Waals surface area (Å²) in [5, 5.41) is 33.9. The molecule has 3 heterocycles. The number of nitrogens with zero attached hydrogens (tertiary/aromatic N) is 4. The van der Waals surface area contributed by atoms with Crippen molar-refractivity contribution < 1.29 is 24.8 Å². The number of imidazole rings is 1. The zero-order chi connectivity index (χ0) is 27.9. The van der Waals surface area contributed by atoms with Crippen molar-refractivity contribution in [3.8, 4) is 5.75 Å². The smallest absolute Gasteiger partial charge is 0.194 e. The van der Waals surface area contributed by atoms with Crippen LogP contribution < -0.4 is 10.5 Å². The number of nitrogens with two attached hydrogens (primary N) is 1. The summed E-state index contributed by atoms with van der Waals surface area (Å²) in [6.07, 6.45) is -1.36. The van der Waals surface area contributed by atoms with Gasteiger partial charge in [-0.3, -0.25) is 4.57 Å². The van der Waals surface area contributed by atoms with Crippen LogP contribution in [0.1, 0.15) is 16.7 Å². The fourth-order valence-electron chi connectivity index (χ4n) is 6.07. The quantitative estimate of drug-likeness (QED) is 0.228. The third-order valence-electron chi connectivity index (χ3n) is 7.81. The molecule has 40 heavy (non-hydrogen) atoms. The Morgan fingerprint density at radius 2 is 1.50 bits per heavy atom. The SMILES string of the molecule is COc1ccc(C(c2ccccc2)(c2ccccc2)[C@@]2(n3cnc4c(N)ncnc43)O[C@H](CO)[C@@H](O)[C@H]2O)cc1. The molecule has 0 aliphatic carbocycles. The van der Waals surface area contributed by atoms with Crippen LogP contribution in [-0.4, -0.2) is 66.9 Å². The van der Waals surface area contributed by atoms with Crippen LogP contribution in [0.2, 0.25) is 0 Å². The van der Waals surface area contributed by atoms with Crippen molar-refractivity contribution in [2.24, 2.45) is 0 Å². The highest BCUT2D eigenvalue weighted by Gasteiger charge is 2.68. The van der Waals surface area contributed by atoms with E-state index in [1.54, 1.807) is 11.7 Å². The van der Waals surface area contributed by atoms with Crippen molar-refractivity contribution in [3.63, 3.8) is 0 Å². The minimum atomic E-state index is -1.83. The molecular formula is C30H29N5O5. The molecule has 1 saturated heterocycles. The highest BCUT2D eigenvalue weighted by atomic mass is 16.6. The Bertz CT molecular complexity index is 1570. The summed E-state index contributed by atoms with van der Waals surface area (Å²) < 4.78 is 13.8. The number of aliphatic hydroxyl groups excluding tert-OH is 3. The van der Waals surface area contributed by atoms with Crippen LogP contribution in [-0.2, 0) is 15.9 Å². The van der Waals surface area contributed by atoms with Gasteiger partial charge in [-0.25, -0.2) is 15.0 Å². The van der Waals surface area contributed by atoms with Gasteiger partial charge in [0.15, 0.2) is 17.2 Å². The Balaban J connectivity index is 1.83. The van der Waals surface area contributed by atoms with Gasteiger partial charge in [0.25, 0.3) is 0 Å².